The second kappa shape index (κ2) is 3.98. The number of allylic oxidation sites excluding steroid dienone is 1. The maximum atomic E-state index is 5.60. The fraction of sp³-hybridized carbons (Fsp3) is 0.125. The number of hydrogen-bond acceptors (Lipinski definition) is 2. The Kier molecular flexibility index (Phi) is 2.93. The number of aromatic nitrogens is 1. The van der Waals surface area contributed by atoms with E-state index in [1.54, 1.807) is 12.4 Å². The third-order valence-electron chi connectivity index (χ3n) is 1.27. The molecule has 0 aromatic carbocycles. The highest BCUT2D eigenvalue weighted by Crippen LogP contribution is 2.09. The SMILES string of the molecule is Nc1cnccc1C=CCCl. The van der Waals surface area contributed by atoms with Crippen molar-refractivity contribution in [3.63, 3.8) is 0 Å². The Morgan fingerprint density at radius 1 is 1.64 bits per heavy atom. The van der Waals surface area contributed by atoms with Crippen molar-refractivity contribution in [1.29, 1.82) is 0 Å². The van der Waals surface area contributed by atoms with Gasteiger partial charge in [-0.3, -0.25) is 4.98 Å². The zero-order valence-electron chi connectivity index (χ0n) is 6.00. The third kappa shape index (κ3) is 2.24. The van der Waals surface area contributed by atoms with E-state index in [4.69, 9.17) is 17.3 Å². The lowest BCUT2D eigenvalue weighted by Crippen LogP contribution is -1.89. The molecule has 0 unspecified atom stereocenters. The smallest absolute Gasteiger partial charge is 0.0574 e. The molecule has 2 N–H and O–H groups in total. The molecule has 11 heavy (non-hydrogen) atoms. The molecular formula is C8H9ClN2. The standard InChI is InChI=1S/C8H9ClN2/c9-4-1-2-7-3-5-11-6-8(7)10/h1-3,5-6H,4,10H2. The summed E-state index contributed by atoms with van der Waals surface area (Å²) in [5, 5.41) is 0. The average molecular weight is 169 g/mol. The van der Waals surface area contributed by atoms with Crippen LogP contribution in [0.3, 0.4) is 0 Å². The Bertz CT molecular complexity index is 258. The molecule has 3 heteroatoms. The van der Waals surface area contributed by atoms with Crippen molar-refractivity contribution in [2.75, 3.05) is 11.6 Å². The molecule has 0 saturated heterocycles. The maximum absolute atomic E-state index is 5.60. The first-order valence-corrected chi connectivity index (χ1v) is 3.80. The number of nitrogen functional groups attached to an aromatic ring is 1. The van der Waals surface area contributed by atoms with Crippen molar-refractivity contribution in [3.05, 3.63) is 30.1 Å². The van der Waals surface area contributed by atoms with Gasteiger partial charge in [-0.25, -0.2) is 0 Å². The zero-order valence-corrected chi connectivity index (χ0v) is 6.75. The van der Waals surface area contributed by atoms with Gasteiger partial charge in [0.15, 0.2) is 0 Å². The van der Waals surface area contributed by atoms with Gasteiger partial charge in [-0.15, -0.1) is 11.6 Å². The Balaban J connectivity index is 2.86. The monoisotopic (exact) mass is 168 g/mol. The number of hydrogen-bond donors (Lipinski definition) is 1. The van der Waals surface area contributed by atoms with Crippen LogP contribution in [0.5, 0.6) is 0 Å². The molecule has 0 aliphatic rings. The fourth-order valence-electron chi connectivity index (χ4n) is 0.741. The van der Waals surface area contributed by atoms with Crippen LogP contribution in [-0.4, -0.2) is 10.9 Å². The summed E-state index contributed by atoms with van der Waals surface area (Å²) in [6.07, 6.45) is 7.04. The molecule has 0 aliphatic heterocycles. The maximum Gasteiger partial charge on any atom is 0.0574 e. The van der Waals surface area contributed by atoms with Gasteiger partial charge in [0.1, 0.15) is 0 Å². The van der Waals surface area contributed by atoms with Gasteiger partial charge in [0, 0.05) is 17.6 Å². The van der Waals surface area contributed by atoms with E-state index >= 15 is 0 Å². The number of nitrogens with two attached hydrogens (primary N) is 1. The predicted octanol–water partition coefficient (Wildman–Crippen LogP) is 1.92. The minimum Gasteiger partial charge on any atom is -0.397 e. The lowest BCUT2D eigenvalue weighted by atomic mass is 10.2. The van der Waals surface area contributed by atoms with Crippen LogP contribution < -0.4 is 5.73 Å². The highest BCUT2D eigenvalue weighted by molar-refractivity contribution is 6.19. The van der Waals surface area contributed by atoms with E-state index in [0.29, 0.717) is 11.6 Å². The molecular weight excluding hydrogens is 160 g/mol. The Morgan fingerprint density at radius 2 is 2.45 bits per heavy atom. The van der Waals surface area contributed by atoms with Gasteiger partial charge in [0.05, 0.1) is 11.9 Å². The summed E-state index contributed by atoms with van der Waals surface area (Å²) in [5.74, 6) is 0.502. The Labute approximate surface area is 70.7 Å². The van der Waals surface area contributed by atoms with Gasteiger partial charge in [0.25, 0.3) is 0 Å². The number of halogens is 1. The molecule has 0 atom stereocenters. The first-order chi connectivity index (χ1) is 5.34. The first kappa shape index (κ1) is 8.08. The largest absolute Gasteiger partial charge is 0.397 e. The molecule has 0 spiro atoms. The number of rotatable bonds is 2. The van der Waals surface area contributed by atoms with Crippen molar-refractivity contribution in [2.45, 2.75) is 0 Å². The molecule has 0 aliphatic carbocycles. The summed E-state index contributed by atoms with van der Waals surface area (Å²) in [4.78, 5) is 3.86. The van der Waals surface area contributed by atoms with Crippen molar-refractivity contribution in [1.82, 2.24) is 4.98 Å². The minimum atomic E-state index is 0.502. The van der Waals surface area contributed by atoms with Crippen molar-refractivity contribution >= 4 is 23.4 Å². The van der Waals surface area contributed by atoms with Gasteiger partial charge >= 0.3 is 0 Å². The minimum absolute atomic E-state index is 0.502. The van der Waals surface area contributed by atoms with Crippen LogP contribution in [0.4, 0.5) is 5.69 Å². The van der Waals surface area contributed by atoms with Crippen molar-refractivity contribution in [3.8, 4) is 0 Å². The Hall–Kier alpha value is -1.02. The number of pyridine rings is 1. The molecule has 1 aromatic rings. The Morgan fingerprint density at radius 3 is 3.09 bits per heavy atom. The molecule has 0 saturated carbocycles. The van der Waals surface area contributed by atoms with Crippen LogP contribution in [0.2, 0.25) is 0 Å². The molecule has 0 fully saturated rings. The molecule has 1 aromatic heterocycles. The average Bonchev–Trinajstić information content (AvgIpc) is 2.03. The van der Waals surface area contributed by atoms with E-state index in [1.165, 1.54) is 0 Å². The normalized spacial score (nSPS) is 10.6. The highest BCUT2D eigenvalue weighted by Gasteiger charge is 1.90. The fourth-order valence-corrected chi connectivity index (χ4v) is 0.830. The predicted molar refractivity (Wildman–Crippen MR) is 48.4 cm³/mol. The quantitative estimate of drug-likeness (QED) is 0.686. The topological polar surface area (TPSA) is 38.9 Å². The lowest BCUT2D eigenvalue weighted by Gasteiger charge is -1.96. The summed E-state index contributed by atoms with van der Waals surface area (Å²) in [5.41, 5.74) is 7.24. The van der Waals surface area contributed by atoms with E-state index in [0.717, 1.165) is 5.56 Å². The van der Waals surface area contributed by atoms with Gasteiger partial charge in [-0.1, -0.05) is 12.2 Å². The summed E-state index contributed by atoms with van der Waals surface area (Å²) < 4.78 is 0. The second-order valence-corrected chi connectivity index (χ2v) is 2.37. The van der Waals surface area contributed by atoms with Crippen LogP contribution in [0.25, 0.3) is 6.08 Å². The van der Waals surface area contributed by atoms with Gasteiger partial charge in [-0.2, -0.15) is 0 Å². The highest BCUT2D eigenvalue weighted by atomic mass is 35.5. The molecule has 2 nitrogen and oxygen atoms in total. The van der Waals surface area contributed by atoms with E-state index in [2.05, 4.69) is 4.98 Å². The van der Waals surface area contributed by atoms with E-state index in [1.807, 2.05) is 18.2 Å². The lowest BCUT2D eigenvalue weighted by molar-refractivity contribution is 1.32. The summed E-state index contributed by atoms with van der Waals surface area (Å²) >= 11 is 5.46. The van der Waals surface area contributed by atoms with Crippen LogP contribution in [0, 0.1) is 0 Å². The van der Waals surface area contributed by atoms with Gasteiger partial charge in [0.2, 0.25) is 0 Å². The number of nitrogens with zero attached hydrogens (tertiary/aromatic N) is 1. The molecule has 0 amide bonds. The third-order valence-corrected chi connectivity index (χ3v) is 1.45. The van der Waals surface area contributed by atoms with Gasteiger partial charge < -0.3 is 5.73 Å². The van der Waals surface area contributed by atoms with Crippen molar-refractivity contribution < 1.29 is 0 Å². The summed E-state index contributed by atoms with van der Waals surface area (Å²) in [7, 11) is 0. The first-order valence-electron chi connectivity index (χ1n) is 3.26. The van der Waals surface area contributed by atoms with E-state index < -0.39 is 0 Å². The zero-order chi connectivity index (χ0) is 8.10. The molecule has 58 valence electrons. The van der Waals surface area contributed by atoms with Crippen molar-refractivity contribution in [2.24, 2.45) is 0 Å². The molecule has 0 radical (unpaired) electrons. The van der Waals surface area contributed by atoms with Crippen LogP contribution >= 0.6 is 11.6 Å². The summed E-state index contributed by atoms with van der Waals surface area (Å²) in [6, 6.07) is 1.85. The number of alkyl halides is 1. The molecule has 1 heterocycles. The van der Waals surface area contributed by atoms with Crippen LogP contribution in [0.1, 0.15) is 5.56 Å². The van der Waals surface area contributed by atoms with E-state index in [9.17, 15) is 0 Å². The number of anilines is 1. The van der Waals surface area contributed by atoms with E-state index in [-0.39, 0.29) is 0 Å². The van der Waals surface area contributed by atoms with Crippen LogP contribution in [-0.2, 0) is 0 Å². The summed E-state index contributed by atoms with van der Waals surface area (Å²) in [6.45, 7) is 0. The van der Waals surface area contributed by atoms with Gasteiger partial charge in [-0.05, 0) is 6.07 Å². The molecule has 0 bridgehead atoms. The second-order valence-electron chi connectivity index (χ2n) is 2.06. The van der Waals surface area contributed by atoms with Crippen LogP contribution in [0.15, 0.2) is 24.5 Å². The molecule has 1 rings (SSSR count).